The van der Waals surface area contributed by atoms with Crippen LogP contribution in [0.25, 0.3) is 0 Å². The van der Waals surface area contributed by atoms with Crippen molar-refractivity contribution in [2.24, 2.45) is 5.92 Å². The van der Waals surface area contributed by atoms with E-state index >= 15 is 0 Å². The second-order valence-electron chi connectivity index (χ2n) is 5.86. The van der Waals surface area contributed by atoms with Crippen LogP contribution < -0.4 is 9.82 Å². The minimum absolute atomic E-state index is 0.323. The molecule has 0 saturated carbocycles. The molecule has 0 heterocycles. The highest BCUT2D eigenvalue weighted by Gasteiger charge is 2.18. The van der Waals surface area contributed by atoms with Crippen molar-refractivity contribution in [3.05, 3.63) is 29.8 Å². The summed E-state index contributed by atoms with van der Waals surface area (Å²) in [6.07, 6.45) is -0.383. The highest BCUT2D eigenvalue weighted by molar-refractivity contribution is 8.08. The first-order valence-electron chi connectivity index (χ1n) is 9.89. The first-order chi connectivity index (χ1) is 14.0. The molecule has 0 amide bonds. The van der Waals surface area contributed by atoms with Crippen molar-refractivity contribution in [2.45, 2.75) is 34.0 Å². The molecular weight excluding hydrogens is 413 g/mol. The fourth-order valence-corrected chi connectivity index (χ4v) is 3.84. The van der Waals surface area contributed by atoms with Crippen LogP contribution in [0.5, 0.6) is 5.75 Å². The van der Waals surface area contributed by atoms with E-state index in [2.05, 4.69) is 12.0 Å². The minimum Gasteiger partial charge on any atom is -0.491 e. The Morgan fingerprint density at radius 1 is 1.03 bits per heavy atom. The molecule has 29 heavy (non-hydrogen) atoms. The minimum atomic E-state index is -2.52. The predicted octanol–water partition coefficient (Wildman–Crippen LogP) is 4.53. The van der Waals surface area contributed by atoms with E-state index in [4.69, 9.17) is 39.8 Å². The number of nitrogens with one attached hydrogen (secondary N) is 1. The van der Waals surface area contributed by atoms with Crippen molar-refractivity contribution >= 4 is 18.4 Å². The Kier molecular flexibility index (Phi) is 16.8. The van der Waals surface area contributed by atoms with Gasteiger partial charge >= 0.3 is 0 Å². The van der Waals surface area contributed by atoms with Crippen LogP contribution >= 0.6 is 6.64 Å². The maximum Gasteiger partial charge on any atom is 0.261 e. The lowest BCUT2D eigenvalue weighted by Crippen LogP contribution is -2.24. The van der Waals surface area contributed by atoms with Crippen molar-refractivity contribution < 1.29 is 28.0 Å². The number of hydrogen-bond donors (Lipinski definition) is 1. The Morgan fingerprint density at radius 2 is 1.66 bits per heavy atom. The second-order valence-corrected chi connectivity index (χ2v) is 9.24. The molecule has 0 aliphatic carbocycles. The molecule has 0 saturated heterocycles. The van der Waals surface area contributed by atoms with Gasteiger partial charge in [0.05, 0.1) is 13.2 Å². The van der Waals surface area contributed by atoms with Gasteiger partial charge in [0.15, 0.2) is 6.29 Å². The van der Waals surface area contributed by atoms with Gasteiger partial charge in [0.2, 0.25) is 0 Å². The molecule has 0 radical (unpaired) electrons. The molecule has 1 aromatic rings. The van der Waals surface area contributed by atoms with Gasteiger partial charge in [0, 0.05) is 40.0 Å². The van der Waals surface area contributed by atoms with Gasteiger partial charge in [-0.3, -0.25) is 0 Å². The lowest BCUT2D eigenvalue weighted by atomic mass is 10.2. The summed E-state index contributed by atoms with van der Waals surface area (Å²) in [6.45, 7) is 8.29. The molecule has 0 bridgehead atoms. The molecule has 170 valence electrons. The first kappa shape index (κ1) is 28.4. The summed E-state index contributed by atoms with van der Waals surface area (Å²) in [5.74, 6) is 1.06. The van der Waals surface area contributed by atoms with Crippen LogP contribution in [0.1, 0.15) is 39.5 Å². The van der Waals surface area contributed by atoms with Crippen LogP contribution in [0.2, 0.25) is 0 Å². The number of hydrogen-bond acceptors (Lipinski definition) is 7. The monoisotopic (exact) mass is 451 g/mol. The Bertz CT molecular complexity index is 556. The zero-order chi connectivity index (χ0) is 22.1. The van der Waals surface area contributed by atoms with Crippen LogP contribution in [0.3, 0.4) is 0 Å². The molecule has 1 rings (SSSR count). The Labute approximate surface area is 181 Å². The maximum atomic E-state index is 5.74. The third-order valence-corrected chi connectivity index (χ3v) is 6.40. The van der Waals surface area contributed by atoms with E-state index < -0.39 is 6.64 Å². The van der Waals surface area contributed by atoms with E-state index in [1.54, 1.807) is 21.3 Å². The summed E-state index contributed by atoms with van der Waals surface area (Å²) in [5.41, 5.74) is 0.920. The quantitative estimate of drug-likeness (QED) is 0.237. The van der Waals surface area contributed by atoms with Crippen molar-refractivity contribution in [3.8, 4) is 5.75 Å². The van der Waals surface area contributed by atoms with Crippen LogP contribution in [0.4, 0.5) is 0 Å². The standard InChI is InChI=1S/C18H32NO6PS.C2H6/c1-6-23-14-15(2)13-19-26(27,22-5)25-12-11-24-17-9-7-16(8-10-17)18(20-3)21-4;1-2/h7-10,15,18H,6,11-14H2,1-5H3,(H,19,27);1-2H3. The Morgan fingerprint density at radius 3 is 2.17 bits per heavy atom. The molecule has 1 N–H and O–H groups in total. The van der Waals surface area contributed by atoms with Crippen LogP contribution in [-0.2, 0) is 35.1 Å². The maximum absolute atomic E-state index is 5.74. The summed E-state index contributed by atoms with van der Waals surface area (Å²) in [4.78, 5) is 0. The van der Waals surface area contributed by atoms with Gasteiger partial charge in [-0.2, -0.15) is 0 Å². The summed E-state index contributed by atoms with van der Waals surface area (Å²) in [5, 5.41) is 3.20. The van der Waals surface area contributed by atoms with Gasteiger partial charge in [-0.15, -0.1) is 0 Å². The van der Waals surface area contributed by atoms with E-state index in [1.807, 2.05) is 45.0 Å². The van der Waals surface area contributed by atoms with Gasteiger partial charge in [0.1, 0.15) is 12.4 Å². The highest BCUT2D eigenvalue weighted by Crippen LogP contribution is 2.42. The van der Waals surface area contributed by atoms with Crippen LogP contribution in [0.15, 0.2) is 24.3 Å². The summed E-state index contributed by atoms with van der Waals surface area (Å²) in [6, 6.07) is 7.52. The summed E-state index contributed by atoms with van der Waals surface area (Å²) >= 11 is 5.47. The van der Waals surface area contributed by atoms with E-state index in [-0.39, 0.29) is 6.29 Å². The zero-order valence-corrected chi connectivity index (χ0v) is 20.5. The van der Waals surface area contributed by atoms with Gasteiger partial charge in [-0.05, 0) is 36.8 Å². The number of ether oxygens (including phenoxy) is 4. The molecule has 0 aromatic heterocycles. The molecule has 2 unspecified atom stereocenters. The third-order valence-electron chi connectivity index (χ3n) is 3.67. The Balaban J connectivity index is 0.00000379. The lowest BCUT2D eigenvalue weighted by molar-refractivity contribution is -0.106. The predicted molar refractivity (Wildman–Crippen MR) is 121 cm³/mol. The molecule has 2 atom stereocenters. The van der Waals surface area contributed by atoms with Gasteiger partial charge in [0.25, 0.3) is 6.64 Å². The van der Waals surface area contributed by atoms with Crippen LogP contribution in [-0.4, -0.2) is 54.3 Å². The average Bonchev–Trinajstić information content (AvgIpc) is 2.77. The first-order valence-corrected chi connectivity index (χ1v) is 12.5. The number of rotatable bonds is 15. The smallest absolute Gasteiger partial charge is 0.261 e. The van der Waals surface area contributed by atoms with E-state index in [9.17, 15) is 0 Å². The summed E-state index contributed by atoms with van der Waals surface area (Å²) in [7, 11) is 4.76. The fraction of sp³-hybridized carbons (Fsp3) is 0.700. The molecule has 0 spiro atoms. The largest absolute Gasteiger partial charge is 0.491 e. The summed E-state index contributed by atoms with van der Waals surface area (Å²) < 4.78 is 32.6. The molecule has 9 heteroatoms. The number of benzene rings is 1. The van der Waals surface area contributed by atoms with Gasteiger partial charge < -0.3 is 28.0 Å². The normalized spacial score (nSPS) is 14.1. The van der Waals surface area contributed by atoms with Gasteiger partial charge in [-0.25, -0.2) is 5.09 Å². The number of methoxy groups -OCH3 is 2. The molecule has 0 aliphatic rings. The molecule has 7 nitrogen and oxygen atoms in total. The van der Waals surface area contributed by atoms with E-state index in [0.717, 1.165) is 11.3 Å². The highest BCUT2D eigenvalue weighted by atomic mass is 32.5. The van der Waals surface area contributed by atoms with E-state index in [0.29, 0.717) is 38.9 Å². The van der Waals surface area contributed by atoms with Crippen LogP contribution in [0, 0.1) is 5.92 Å². The SMILES string of the molecule is CC.CCOCC(C)CNP(=S)(OC)OCCOc1ccc(C(OC)OC)cc1. The van der Waals surface area contributed by atoms with Crippen molar-refractivity contribution in [3.63, 3.8) is 0 Å². The lowest BCUT2D eigenvalue weighted by Gasteiger charge is -2.23. The zero-order valence-electron chi connectivity index (χ0n) is 18.8. The molecule has 0 fully saturated rings. The van der Waals surface area contributed by atoms with Gasteiger partial charge in [-0.1, -0.05) is 32.9 Å². The van der Waals surface area contributed by atoms with Crippen molar-refractivity contribution in [1.29, 1.82) is 0 Å². The Hall–Kier alpha value is -0.570. The molecule has 1 aromatic carbocycles. The molecular formula is C20H38NO6PS. The van der Waals surface area contributed by atoms with E-state index in [1.165, 1.54) is 0 Å². The topological polar surface area (TPSA) is 67.4 Å². The average molecular weight is 452 g/mol. The fourth-order valence-electron chi connectivity index (χ4n) is 2.22. The van der Waals surface area contributed by atoms with Crippen molar-refractivity contribution in [1.82, 2.24) is 5.09 Å². The van der Waals surface area contributed by atoms with Crippen molar-refractivity contribution in [2.75, 3.05) is 54.3 Å². The third kappa shape index (κ3) is 12.0. The molecule has 0 aliphatic heterocycles. The second kappa shape index (κ2) is 17.1.